The van der Waals surface area contributed by atoms with Crippen LogP contribution in [0.1, 0.15) is 45.4 Å². The molecule has 0 amide bonds. The quantitative estimate of drug-likeness (QED) is 0.723. The Morgan fingerprint density at radius 1 is 1.38 bits per heavy atom. The van der Waals surface area contributed by atoms with Gasteiger partial charge < -0.3 is 10.1 Å². The molecule has 0 bridgehead atoms. The smallest absolute Gasteiger partial charge is 0.0619 e. The van der Waals surface area contributed by atoms with E-state index < -0.39 is 0 Å². The largest absolute Gasteiger partial charge is 0.380 e. The predicted octanol–water partition coefficient (Wildman–Crippen LogP) is 2.09. The van der Waals surface area contributed by atoms with Crippen molar-refractivity contribution in [2.24, 2.45) is 0 Å². The molecular weight excluding hydrogens is 162 g/mol. The molecule has 1 unspecified atom stereocenters. The Morgan fingerprint density at radius 2 is 2.23 bits per heavy atom. The van der Waals surface area contributed by atoms with Gasteiger partial charge in [-0.2, -0.15) is 0 Å². The first kappa shape index (κ1) is 9.47. The van der Waals surface area contributed by atoms with Gasteiger partial charge in [0.2, 0.25) is 0 Å². The van der Waals surface area contributed by atoms with Crippen molar-refractivity contribution in [3.05, 3.63) is 0 Å². The molecule has 2 heteroatoms. The van der Waals surface area contributed by atoms with Gasteiger partial charge in [0.25, 0.3) is 0 Å². The average Bonchev–Trinajstić information content (AvgIpc) is 2.13. The highest BCUT2D eigenvalue weighted by atomic mass is 16.5. The van der Waals surface area contributed by atoms with Gasteiger partial charge >= 0.3 is 0 Å². The molecule has 2 rings (SSSR count). The van der Waals surface area contributed by atoms with Gasteiger partial charge in [-0.05, 0) is 38.5 Å². The predicted molar refractivity (Wildman–Crippen MR) is 53.8 cm³/mol. The van der Waals surface area contributed by atoms with Gasteiger partial charge in [-0.1, -0.05) is 6.92 Å². The molecule has 1 heterocycles. The highest BCUT2D eigenvalue weighted by Gasteiger charge is 2.36. The summed E-state index contributed by atoms with van der Waals surface area (Å²) in [7, 11) is 0. The van der Waals surface area contributed by atoms with Crippen molar-refractivity contribution in [3.8, 4) is 0 Å². The average molecular weight is 183 g/mol. The van der Waals surface area contributed by atoms with E-state index in [1.54, 1.807) is 0 Å². The molecule has 2 aliphatic rings. The Kier molecular flexibility index (Phi) is 2.89. The van der Waals surface area contributed by atoms with Crippen LogP contribution in [-0.2, 0) is 4.74 Å². The third-order valence-corrected chi connectivity index (χ3v) is 3.66. The number of hydrogen-bond donors (Lipinski definition) is 1. The van der Waals surface area contributed by atoms with Gasteiger partial charge in [-0.15, -0.1) is 0 Å². The van der Waals surface area contributed by atoms with Gasteiger partial charge in [-0.25, -0.2) is 0 Å². The summed E-state index contributed by atoms with van der Waals surface area (Å²) in [5.41, 5.74) is 0.491. The first-order valence-corrected chi connectivity index (χ1v) is 5.70. The van der Waals surface area contributed by atoms with Crippen LogP contribution in [0, 0.1) is 0 Å². The summed E-state index contributed by atoms with van der Waals surface area (Å²) in [6, 6.07) is 0.633. The summed E-state index contributed by atoms with van der Waals surface area (Å²) >= 11 is 0. The molecule has 0 aromatic rings. The van der Waals surface area contributed by atoms with Crippen LogP contribution >= 0.6 is 0 Å². The summed E-state index contributed by atoms with van der Waals surface area (Å²) in [5, 5.41) is 3.79. The molecule has 1 aliphatic carbocycles. The Balaban J connectivity index is 1.81. The van der Waals surface area contributed by atoms with Gasteiger partial charge in [0, 0.05) is 18.2 Å². The third-order valence-electron chi connectivity index (χ3n) is 3.66. The fourth-order valence-electron chi connectivity index (χ4n) is 2.49. The minimum Gasteiger partial charge on any atom is -0.380 e. The molecule has 0 radical (unpaired) electrons. The topological polar surface area (TPSA) is 21.3 Å². The number of hydrogen-bond acceptors (Lipinski definition) is 2. The molecular formula is C11H21NO. The number of ether oxygens (including phenoxy) is 1. The molecule has 1 aliphatic heterocycles. The minimum atomic E-state index is 0.491. The fourth-order valence-corrected chi connectivity index (χ4v) is 2.49. The highest BCUT2D eigenvalue weighted by molar-refractivity contribution is 4.97. The molecule has 1 N–H and O–H groups in total. The van der Waals surface area contributed by atoms with E-state index in [-0.39, 0.29) is 0 Å². The van der Waals surface area contributed by atoms with E-state index in [1.807, 2.05) is 0 Å². The summed E-state index contributed by atoms with van der Waals surface area (Å²) in [4.78, 5) is 0. The monoisotopic (exact) mass is 183 g/mol. The number of nitrogens with one attached hydrogen (secondary N) is 1. The van der Waals surface area contributed by atoms with E-state index in [0.717, 1.165) is 13.2 Å². The van der Waals surface area contributed by atoms with Gasteiger partial charge in [0.1, 0.15) is 0 Å². The molecule has 1 atom stereocenters. The van der Waals surface area contributed by atoms with E-state index in [2.05, 4.69) is 12.2 Å². The Morgan fingerprint density at radius 3 is 2.69 bits per heavy atom. The van der Waals surface area contributed by atoms with Crippen molar-refractivity contribution in [2.45, 2.75) is 57.0 Å². The lowest BCUT2D eigenvalue weighted by Gasteiger charge is -2.45. The van der Waals surface area contributed by atoms with Gasteiger partial charge in [-0.3, -0.25) is 0 Å². The van der Waals surface area contributed by atoms with Crippen molar-refractivity contribution in [1.29, 1.82) is 0 Å². The lowest BCUT2D eigenvalue weighted by atomic mass is 9.74. The first-order valence-electron chi connectivity index (χ1n) is 5.70. The zero-order chi connectivity index (χ0) is 9.15. The first-order chi connectivity index (χ1) is 6.35. The number of rotatable bonds is 3. The maximum absolute atomic E-state index is 5.48. The van der Waals surface area contributed by atoms with Crippen LogP contribution in [0.5, 0.6) is 0 Å². The molecule has 13 heavy (non-hydrogen) atoms. The van der Waals surface area contributed by atoms with Gasteiger partial charge in [0.15, 0.2) is 0 Å². The lowest BCUT2D eigenvalue weighted by molar-refractivity contribution is 0.0420. The molecule has 0 aromatic carbocycles. The van der Waals surface area contributed by atoms with E-state index in [0.29, 0.717) is 11.6 Å². The second kappa shape index (κ2) is 3.97. The SMILES string of the molecule is CCC1(NC2CCCOC2)CCC1. The summed E-state index contributed by atoms with van der Waals surface area (Å²) < 4.78 is 5.48. The van der Waals surface area contributed by atoms with Crippen LogP contribution in [0.2, 0.25) is 0 Å². The maximum atomic E-state index is 5.48. The Bertz CT molecular complexity index is 154. The molecule has 0 aromatic heterocycles. The molecule has 2 fully saturated rings. The second-order valence-corrected chi connectivity index (χ2v) is 4.55. The van der Waals surface area contributed by atoms with Crippen LogP contribution < -0.4 is 5.32 Å². The van der Waals surface area contributed by atoms with E-state index in [4.69, 9.17) is 4.74 Å². The van der Waals surface area contributed by atoms with Crippen molar-refractivity contribution in [3.63, 3.8) is 0 Å². The second-order valence-electron chi connectivity index (χ2n) is 4.55. The zero-order valence-electron chi connectivity index (χ0n) is 8.64. The summed E-state index contributed by atoms with van der Waals surface area (Å²) in [5.74, 6) is 0. The lowest BCUT2D eigenvalue weighted by Crippen LogP contribution is -2.56. The van der Waals surface area contributed by atoms with Gasteiger partial charge in [0.05, 0.1) is 6.61 Å². The molecule has 0 spiro atoms. The Labute approximate surface area is 81.0 Å². The van der Waals surface area contributed by atoms with Crippen molar-refractivity contribution in [1.82, 2.24) is 5.32 Å². The van der Waals surface area contributed by atoms with Crippen LogP contribution in [-0.4, -0.2) is 24.8 Å². The Hall–Kier alpha value is -0.0800. The molecule has 1 saturated heterocycles. The fraction of sp³-hybridized carbons (Fsp3) is 1.00. The highest BCUT2D eigenvalue weighted by Crippen LogP contribution is 2.35. The van der Waals surface area contributed by atoms with Crippen molar-refractivity contribution in [2.75, 3.05) is 13.2 Å². The summed E-state index contributed by atoms with van der Waals surface area (Å²) in [6.45, 7) is 4.20. The van der Waals surface area contributed by atoms with Crippen LogP contribution in [0.4, 0.5) is 0 Å². The van der Waals surface area contributed by atoms with E-state index in [9.17, 15) is 0 Å². The van der Waals surface area contributed by atoms with Crippen LogP contribution in [0.15, 0.2) is 0 Å². The van der Waals surface area contributed by atoms with Crippen molar-refractivity contribution < 1.29 is 4.74 Å². The minimum absolute atomic E-state index is 0.491. The third kappa shape index (κ3) is 2.05. The van der Waals surface area contributed by atoms with Crippen LogP contribution in [0.25, 0.3) is 0 Å². The van der Waals surface area contributed by atoms with E-state index in [1.165, 1.54) is 38.5 Å². The normalized spacial score (nSPS) is 32.5. The molecule has 2 nitrogen and oxygen atoms in total. The standard InChI is InChI=1S/C11H21NO/c1-2-11(6-4-7-11)12-10-5-3-8-13-9-10/h10,12H,2-9H2,1H3. The molecule has 1 saturated carbocycles. The van der Waals surface area contributed by atoms with Crippen LogP contribution in [0.3, 0.4) is 0 Å². The maximum Gasteiger partial charge on any atom is 0.0619 e. The van der Waals surface area contributed by atoms with Crippen molar-refractivity contribution >= 4 is 0 Å². The zero-order valence-corrected chi connectivity index (χ0v) is 8.64. The van der Waals surface area contributed by atoms with E-state index >= 15 is 0 Å². The summed E-state index contributed by atoms with van der Waals surface area (Å²) in [6.07, 6.45) is 7.98. The molecule has 76 valence electrons.